The second-order valence-corrected chi connectivity index (χ2v) is 8.40. The van der Waals surface area contributed by atoms with Crippen molar-refractivity contribution in [2.75, 3.05) is 36.5 Å². The number of nitrogens with one attached hydrogen (secondary N) is 1. The number of benzene rings is 1. The van der Waals surface area contributed by atoms with Gasteiger partial charge in [-0.1, -0.05) is 0 Å². The summed E-state index contributed by atoms with van der Waals surface area (Å²) >= 11 is 0. The maximum atomic E-state index is 12.1. The van der Waals surface area contributed by atoms with Crippen LogP contribution in [0.2, 0.25) is 0 Å². The Morgan fingerprint density at radius 2 is 1.97 bits per heavy atom. The van der Waals surface area contributed by atoms with Gasteiger partial charge in [0.1, 0.15) is 24.9 Å². The third-order valence-electron chi connectivity index (χ3n) is 5.63. The summed E-state index contributed by atoms with van der Waals surface area (Å²) in [4.78, 5) is 36.0. The van der Waals surface area contributed by atoms with Crippen molar-refractivity contribution in [3.63, 3.8) is 0 Å². The Morgan fingerprint density at radius 1 is 1.18 bits per heavy atom. The first kappa shape index (κ1) is 22.8. The van der Waals surface area contributed by atoms with Crippen LogP contribution in [0.3, 0.4) is 0 Å². The Labute approximate surface area is 192 Å². The number of aliphatic hydroxyl groups is 1. The number of anilines is 3. The fraction of sp³-hybridized carbons (Fsp3) is 0.478. The maximum absolute atomic E-state index is 12.1. The molecule has 33 heavy (non-hydrogen) atoms. The molecule has 0 radical (unpaired) electrons. The smallest absolute Gasteiger partial charge is 0.410 e. The van der Waals surface area contributed by atoms with Crippen LogP contribution < -0.4 is 15.0 Å². The van der Waals surface area contributed by atoms with Crippen molar-refractivity contribution in [3.8, 4) is 5.88 Å². The molecule has 0 saturated carbocycles. The molecule has 2 amide bonds. The minimum atomic E-state index is -0.548. The molecular weight excluding hydrogens is 426 g/mol. The van der Waals surface area contributed by atoms with Crippen LogP contribution in [0.1, 0.15) is 32.3 Å². The third-order valence-corrected chi connectivity index (χ3v) is 5.63. The van der Waals surface area contributed by atoms with Crippen LogP contribution in [0.15, 0.2) is 30.6 Å². The number of likely N-dealkylation sites (tertiary alicyclic amines) is 1. The second-order valence-electron chi connectivity index (χ2n) is 8.40. The van der Waals surface area contributed by atoms with Crippen molar-refractivity contribution in [2.45, 2.75) is 45.3 Å². The minimum absolute atomic E-state index is 0.0283. The Morgan fingerprint density at radius 3 is 2.70 bits per heavy atom. The summed E-state index contributed by atoms with van der Waals surface area (Å²) in [5.74, 6) is 0.803. The van der Waals surface area contributed by atoms with Crippen molar-refractivity contribution in [3.05, 3.63) is 36.2 Å². The minimum Gasteiger partial charge on any atom is -0.474 e. The molecular formula is C23H29N5O5. The Bertz CT molecular complexity index is 1010. The molecule has 1 aromatic heterocycles. The number of hydrogen-bond acceptors (Lipinski definition) is 8. The number of aromatic nitrogens is 2. The largest absolute Gasteiger partial charge is 0.474 e. The van der Waals surface area contributed by atoms with Crippen LogP contribution in [0, 0.1) is 0 Å². The highest BCUT2D eigenvalue weighted by molar-refractivity contribution is 5.92. The zero-order valence-electron chi connectivity index (χ0n) is 18.9. The summed E-state index contributed by atoms with van der Waals surface area (Å²) in [7, 11) is 0. The zero-order valence-corrected chi connectivity index (χ0v) is 18.9. The standard InChI is InChI=1S/C23H29N5O5/c1-15(2)32-23(31)27-8-6-18(7-9-27)33-22-12-20(24-14-25-22)28-10-5-16-11-17(3-4-19(16)28)26-21(30)13-29/h3-4,11-12,14-15,18,29H,5-10,13H2,1-2H3,(H,26,30). The number of piperidine rings is 1. The van der Waals surface area contributed by atoms with Crippen molar-refractivity contribution in [1.29, 1.82) is 0 Å². The first-order valence-corrected chi connectivity index (χ1v) is 11.2. The van der Waals surface area contributed by atoms with E-state index in [0.29, 0.717) is 37.5 Å². The summed E-state index contributed by atoms with van der Waals surface area (Å²) in [5.41, 5.74) is 2.76. The highest BCUT2D eigenvalue weighted by Crippen LogP contribution is 2.36. The Hall–Kier alpha value is -3.40. The number of aliphatic hydroxyl groups excluding tert-OH is 1. The molecule has 0 atom stereocenters. The monoisotopic (exact) mass is 455 g/mol. The number of ether oxygens (including phenoxy) is 2. The van der Waals surface area contributed by atoms with Gasteiger partial charge in [0.05, 0.1) is 6.10 Å². The lowest BCUT2D eigenvalue weighted by molar-refractivity contribution is -0.118. The lowest BCUT2D eigenvalue weighted by Crippen LogP contribution is -2.42. The predicted octanol–water partition coefficient (Wildman–Crippen LogP) is 2.49. The molecule has 2 N–H and O–H groups in total. The molecule has 0 bridgehead atoms. The van der Waals surface area contributed by atoms with Crippen molar-refractivity contribution >= 4 is 29.2 Å². The fourth-order valence-corrected chi connectivity index (χ4v) is 4.06. The van der Waals surface area contributed by atoms with Gasteiger partial charge in [0.2, 0.25) is 11.8 Å². The van der Waals surface area contributed by atoms with Gasteiger partial charge < -0.3 is 29.7 Å². The van der Waals surface area contributed by atoms with Gasteiger partial charge in [-0.3, -0.25) is 4.79 Å². The first-order chi connectivity index (χ1) is 15.9. The summed E-state index contributed by atoms with van der Waals surface area (Å²) in [6, 6.07) is 7.49. The van der Waals surface area contributed by atoms with Gasteiger partial charge in [-0.05, 0) is 44.0 Å². The van der Waals surface area contributed by atoms with E-state index >= 15 is 0 Å². The van der Waals surface area contributed by atoms with Crippen molar-refractivity contribution < 1.29 is 24.2 Å². The van der Waals surface area contributed by atoms with Crippen molar-refractivity contribution in [2.24, 2.45) is 0 Å². The van der Waals surface area contributed by atoms with Crippen LogP contribution in [0.4, 0.5) is 22.0 Å². The van der Waals surface area contributed by atoms with E-state index in [1.807, 2.05) is 32.0 Å². The average Bonchev–Trinajstić information content (AvgIpc) is 3.22. The van der Waals surface area contributed by atoms with Crippen LogP contribution in [0.25, 0.3) is 0 Å². The van der Waals surface area contributed by atoms with E-state index in [2.05, 4.69) is 20.2 Å². The van der Waals surface area contributed by atoms with E-state index < -0.39 is 12.5 Å². The zero-order chi connectivity index (χ0) is 23.4. The number of carbonyl (C=O) groups is 2. The first-order valence-electron chi connectivity index (χ1n) is 11.2. The van der Waals surface area contributed by atoms with Gasteiger partial charge in [-0.15, -0.1) is 0 Å². The molecule has 0 unspecified atom stereocenters. The SMILES string of the molecule is CC(C)OC(=O)N1CCC(Oc2cc(N3CCc4cc(NC(=O)CO)ccc43)ncn2)CC1. The normalized spacial score (nSPS) is 16.0. The van der Waals surface area contributed by atoms with Gasteiger partial charge in [0.25, 0.3) is 0 Å². The van der Waals surface area contributed by atoms with E-state index in [1.54, 1.807) is 11.0 Å². The van der Waals surface area contributed by atoms with Crippen LogP contribution in [-0.2, 0) is 16.0 Å². The Kier molecular flexibility index (Phi) is 6.93. The van der Waals surface area contributed by atoms with Crippen LogP contribution in [-0.4, -0.2) is 70.4 Å². The quantitative estimate of drug-likeness (QED) is 0.682. The van der Waals surface area contributed by atoms with Gasteiger partial charge in [-0.2, -0.15) is 0 Å². The summed E-state index contributed by atoms with van der Waals surface area (Å²) in [5, 5.41) is 11.6. The van der Waals surface area contributed by atoms with Gasteiger partial charge in [0, 0.05) is 49.9 Å². The maximum Gasteiger partial charge on any atom is 0.410 e. The van der Waals surface area contributed by atoms with E-state index in [0.717, 1.165) is 30.0 Å². The predicted molar refractivity (Wildman–Crippen MR) is 122 cm³/mol. The number of nitrogens with zero attached hydrogens (tertiary/aromatic N) is 4. The van der Waals surface area contributed by atoms with E-state index in [9.17, 15) is 9.59 Å². The van der Waals surface area contributed by atoms with Gasteiger partial charge >= 0.3 is 6.09 Å². The molecule has 2 aliphatic rings. The highest BCUT2D eigenvalue weighted by atomic mass is 16.6. The molecule has 176 valence electrons. The molecule has 10 heteroatoms. The van der Waals surface area contributed by atoms with Gasteiger partial charge in [0.15, 0.2) is 0 Å². The summed E-state index contributed by atoms with van der Waals surface area (Å²) in [6.07, 6.45) is 3.28. The molecule has 0 spiro atoms. The van der Waals surface area contributed by atoms with E-state index in [4.69, 9.17) is 14.6 Å². The van der Waals surface area contributed by atoms with E-state index in [-0.39, 0.29) is 18.3 Å². The number of carbonyl (C=O) groups excluding carboxylic acids is 2. The van der Waals surface area contributed by atoms with Crippen LogP contribution >= 0.6 is 0 Å². The van der Waals surface area contributed by atoms with Crippen LogP contribution in [0.5, 0.6) is 5.88 Å². The number of rotatable bonds is 6. The number of fused-ring (bicyclic) bond motifs is 1. The molecule has 1 fully saturated rings. The van der Waals surface area contributed by atoms with Crippen molar-refractivity contribution in [1.82, 2.24) is 14.9 Å². The average molecular weight is 456 g/mol. The summed E-state index contributed by atoms with van der Waals surface area (Å²) < 4.78 is 11.4. The fourth-order valence-electron chi connectivity index (χ4n) is 4.06. The van der Waals surface area contributed by atoms with Gasteiger partial charge in [-0.25, -0.2) is 14.8 Å². The highest BCUT2D eigenvalue weighted by Gasteiger charge is 2.27. The molecule has 4 rings (SSSR count). The lowest BCUT2D eigenvalue weighted by atomic mass is 10.1. The molecule has 2 aromatic rings. The molecule has 3 heterocycles. The number of amides is 2. The molecule has 0 aliphatic carbocycles. The second kappa shape index (κ2) is 10.0. The molecule has 10 nitrogen and oxygen atoms in total. The van der Waals surface area contributed by atoms with E-state index in [1.165, 1.54) is 6.33 Å². The molecule has 1 saturated heterocycles. The molecule has 2 aliphatic heterocycles. The topological polar surface area (TPSA) is 117 Å². The lowest BCUT2D eigenvalue weighted by Gasteiger charge is -2.31. The summed E-state index contributed by atoms with van der Waals surface area (Å²) in [6.45, 7) is 5.06. The third kappa shape index (κ3) is 5.51. The molecule has 1 aromatic carbocycles. The Balaban J connectivity index is 1.38. The number of hydrogen-bond donors (Lipinski definition) is 2.